The fraction of sp³-hybridized carbons (Fsp3) is 0.200. The normalized spacial score (nSPS) is 12.5. The maximum absolute atomic E-state index is 12.7. The van der Waals surface area contributed by atoms with Crippen LogP contribution in [0, 0.1) is 10.1 Å². The number of carbonyl (C=O) groups excluding carboxylic acids is 1. The molecule has 0 bridgehead atoms. The second-order valence-electron chi connectivity index (χ2n) is 6.53. The Kier molecular flexibility index (Phi) is 5.40. The highest BCUT2D eigenvalue weighted by molar-refractivity contribution is 9.10. The predicted octanol–water partition coefficient (Wildman–Crippen LogP) is 3.89. The molecule has 0 N–H and O–H groups in total. The lowest BCUT2D eigenvalue weighted by Crippen LogP contribution is -2.15. The second-order valence-corrected chi connectivity index (χ2v) is 7.39. The monoisotopic (exact) mass is 473 g/mol. The van der Waals surface area contributed by atoms with Gasteiger partial charge in [0.15, 0.2) is 11.5 Å². The molecular weight excluding hydrogens is 458 g/mol. The minimum atomic E-state index is -0.557. The molecule has 0 atom stereocenters. The number of ether oxygens (including phenoxy) is 3. The Morgan fingerprint density at radius 2 is 1.90 bits per heavy atom. The van der Waals surface area contributed by atoms with Gasteiger partial charge in [0.2, 0.25) is 0 Å². The molecule has 4 rings (SSSR count). The molecule has 0 spiro atoms. The highest BCUT2D eigenvalue weighted by Gasteiger charge is 2.21. The van der Waals surface area contributed by atoms with Gasteiger partial charge in [-0.2, -0.15) is 5.10 Å². The van der Waals surface area contributed by atoms with E-state index in [1.807, 2.05) is 0 Å². The number of rotatable bonds is 5. The number of benzene rings is 2. The molecule has 2 aromatic carbocycles. The number of aromatic nitrogens is 2. The van der Waals surface area contributed by atoms with E-state index in [1.54, 1.807) is 37.5 Å². The van der Waals surface area contributed by atoms with Crippen LogP contribution >= 0.6 is 15.9 Å². The Hall–Kier alpha value is -3.40. The van der Waals surface area contributed by atoms with Crippen LogP contribution in [-0.2, 0) is 18.4 Å². The van der Waals surface area contributed by atoms with Crippen LogP contribution in [0.5, 0.6) is 11.5 Å². The largest absolute Gasteiger partial charge is 0.486 e. The number of aryl methyl sites for hydroxylation is 1. The van der Waals surface area contributed by atoms with E-state index in [-0.39, 0.29) is 17.9 Å². The molecule has 0 saturated heterocycles. The van der Waals surface area contributed by atoms with Crippen molar-refractivity contribution in [2.24, 2.45) is 7.05 Å². The maximum atomic E-state index is 12.7. The number of carbonyl (C=O) groups is 1. The van der Waals surface area contributed by atoms with E-state index in [0.717, 1.165) is 10.0 Å². The zero-order chi connectivity index (χ0) is 21.3. The van der Waals surface area contributed by atoms with Crippen molar-refractivity contribution in [1.82, 2.24) is 9.78 Å². The van der Waals surface area contributed by atoms with Gasteiger partial charge in [-0.05, 0) is 24.3 Å². The van der Waals surface area contributed by atoms with Gasteiger partial charge in [0.1, 0.15) is 31.1 Å². The lowest BCUT2D eigenvalue weighted by Gasteiger charge is -2.19. The maximum Gasteiger partial charge on any atom is 0.342 e. The number of hydrogen-bond donors (Lipinski definition) is 0. The van der Waals surface area contributed by atoms with E-state index in [2.05, 4.69) is 21.0 Å². The first-order chi connectivity index (χ1) is 14.4. The van der Waals surface area contributed by atoms with Crippen LogP contribution in [0.15, 0.2) is 47.1 Å². The topological polar surface area (TPSA) is 106 Å². The molecule has 0 radical (unpaired) electrons. The first kappa shape index (κ1) is 19.9. The zero-order valence-corrected chi connectivity index (χ0v) is 17.4. The van der Waals surface area contributed by atoms with E-state index in [9.17, 15) is 14.9 Å². The van der Waals surface area contributed by atoms with E-state index in [0.29, 0.717) is 36.0 Å². The predicted molar refractivity (Wildman–Crippen MR) is 110 cm³/mol. The smallest absolute Gasteiger partial charge is 0.342 e. The van der Waals surface area contributed by atoms with Crippen molar-refractivity contribution >= 4 is 27.6 Å². The highest BCUT2D eigenvalue weighted by atomic mass is 79.9. The molecule has 1 aromatic heterocycles. The van der Waals surface area contributed by atoms with Gasteiger partial charge in [0, 0.05) is 41.0 Å². The highest BCUT2D eigenvalue weighted by Crippen LogP contribution is 2.36. The SMILES string of the molecule is Cn1cc(C(=O)OCc2cc3c(cc2Br)OCCO3)c(-c2ccc([N+](=O)[O-])cc2)n1. The zero-order valence-electron chi connectivity index (χ0n) is 15.8. The summed E-state index contributed by atoms with van der Waals surface area (Å²) in [5.41, 5.74) is 1.92. The standard InChI is InChI=1S/C20H16BrN3O6/c1-23-10-15(19(22-23)12-2-4-14(5-3-12)24(26)27)20(25)30-11-13-8-17-18(9-16(13)21)29-7-6-28-17/h2-5,8-10H,6-7,11H2,1H3. The van der Waals surface area contributed by atoms with Gasteiger partial charge in [0.05, 0.1) is 4.92 Å². The fourth-order valence-electron chi connectivity index (χ4n) is 3.03. The number of hydrogen-bond acceptors (Lipinski definition) is 7. The molecule has 154 valence electrons. The molecule has 0 fully saturated rings. The van der Waals surface area contributed by atoms with Gasteiger partial charge < -0.3 is 14.2 Å². The third kappa shape index (κ3) is 3.99. The average molecular weight is 474 g/mol. The summed E-state index contributed by atoms with van der Waals surface area (Å²) < 4.78 is 18.8. The lowest BCUT2D eigenvalue weighted by atomic mass is 10.1. The van der Waals surface area contributed by atoms with Gasteiger partial charge in [-0.3, -0.25) is 14.8 Å². The minimum absolute atomic E-state index is 0.0185. The molecule has 0 amide bonds. The van der Waals surface area contributed by atoms with Gasteiger partial charge in [-0.1, -0.05) is 15.9 Å². The summed E-state index contributed by atoms with van der Waals surface area (Å²) in [6.45, 7) is 0.965. The summed E-state index contributed by atoms with van der Waals surface area (Å²) in [5, 5.41) is 15.2. The quantitative estimate of drug-likeness (QED) is 0.314. The van der Waals surface area contributed by atoms with Crippen LogP contribution in [0.1, 0.15) is 15.9 Å². The van der Waals surface area contributed by atoms with Crippen molar-refractivity contribution in [3.63, 3.8) is 0 Å². The van der Waals surface area contributed by atoms with Gasteiger partial charge in [-0.25, -0.2) is 4.79 Å². The molecular formula is C20H16BrN3O6. The second kappa shape index (κ2) is 8.15. The number of esters is 1. The van der Waals surface area contributed by atoms with E-state index < -0.39 is 10.9 Å². The summed E-state index contributed by atoms with van der Waals surface area (Å²) in [5.74, 6) is 0.678. The summed E-state index contributed by atoms with van der Waals surface area (Å²) in [4.78, 5) is 23.1. The molecule has 2 heterocycles. The molecule has 0 unspecified atom stereocenters. The molecule has 1 aliphatic rings. The fourth-order valence-corrected chi connectivity index (χ4v) is 3.47. The third-order valence-corrected chi connectivity index (χ3v) is 5.21. The molecule has 1 aliphatic heterocycles. The Morgan fingerprint density at radius 1 is 1.23 bits per heavy atom. The van der Waals surface area contributed by atoms with Crippen LogP contribution in [-0.4, -0.2) is 33.9 Å². The molecule has 0 aliphatic carbocycles. The van der Waals surface area contributed by atoms with Crippen molar-refractivity contribution in [3.05, 3.63) is 68.3 Å². The number of nitro benzene ring substituents is 1. The molecule has 9 nitrogen and oxygen atoms in total. The Bertz CT molecular complexity index is 1130. The van der Waals surface area contributed by atoms with Crippen LogP contribution in [0.3, 0.4) is 0 Å². The van der Waals surface area contributed by atoms with E-state index in [1.165, 1.54) is 16.8 Å². The van der Waals surface area contributed by atoms with Crippen LogP contribution in [0.25, 0.3) is 11.3 Å². The summed E-state index contributed by atoms with van der Waals surface area (Å²) >= 11 is 3.46. The van der Waals surface area contributed by atoms with Gasteiger partial charge in [-0.15, -0.1) is 0 Å². The van der Waals surface area contributed by atoms with Crippen molar-refractivity contribution in [2.45, 2.75) is 6.61 Å². The molecule has 10 heteroatoms. The van der Waals surface area contributed by atoms with Crippen molar-refractivity contribution < 1.29 is 23.9 Å². The van der Waals surface area contributed by atoms with Crippen LogP contribution in [0.2, 0.25) is 0 Å². The van der Waals surface area contributed by atoms with Crippen molar-refractivity contribution in [1.29, 1.82) is 0 Å². The van der Waals surface area contributed by atoms with Crippen molar-refractivity contribution in [2.75, 3.05) is 13.2 Å². The number of nitrogens with zero attached hydrogens (tertiary/aromatic N) is 3. The summed E-state index contributed by atoms with van der Waals surface area (Å²) in [6, 6.07) is 9.39. The van der Waals surface area contributed by atoms with Gasteiger partial charge in [0.25, 0.3) is 5.69 Å². The van der Waals surface area contributed by atoms with E-state index >= 15 is 0 Å². The first-order valence-electron chi connectivity index (χ1n) is 8.96. The van der Waals surface area contributed by atoms with Crippen LogP contribution in [0.4, 0.5) is 5.69 Å². The first-order valence-corrected chi connectivity index (χ1v) is 9.75. The summed E-state index contributed by atoms with van der Waals surface area (Å²) in [7, 11) is 1.68. The number of non-ortho nitro benzene ring substituents is 1. The lowest BCUT2D eigenvalue weighted by molar-refractivity contribution is -0.384. The molecule has 0 saturated carbocycles. The van der Waals surface area contributed by atoms with Crippen LogP contribution < -0.4 is 9.47 Å². The molecule has 30 heavy (non-hydrogen) atoms. The average Bonchev–Trinajstić information content (AvgIpc) is 3.14. The summed E-state index contributed by atoms with van der Waals surface area (Å²) in [6.07, 6.45) is 1.55. The number of halogens is 1. The van der Waals surface area contributed by atoms with Crippen molar-refractivity contribution in [3.8, 4) is 22.8 Å². The van der Waals surface area contributed by atoms with Gasteiger partial charge >= 0.3 is 5.97 Å². The van der Waals surface area contributed by atoms with E-state index in [4.69, 9.17) is 14.2 Å². The Labute approximate surface area is 179 Å². The number of fused-ring (bicyclic) bond motifs is 1. The minimum Gasteiger partial charge on any atom is -0.486 e. The molecule has 3 aromatic rings. The number of nitro groups is 1. The Morgan fingerprint density at radius 3 is 2.57 bits per heavy atom. The third-order valence-electron chi connectivity index (χ3n) is 4.47. The Balaban J connectivity index is 1.54.